The number of carbonyl (C=O) groups is 2. The van der Waals surface area contributed by atoms with Crippen LogP contribution in [0.2, 0.25) is 0 Å². The number of para-hydroxylation sites is 1. The van der Waals surface area contributed by atoms with Crippen molar-refractivity contribution >= 4 is 22.6 Å². The van der Waals surface area contributed by atoms with Crippen LogP contribution in [0, 0.1) is 0 Å². The zero-order valence-corrected chi connectivity index (χ0v) is 16.8. The molecule has 0 fully saturated rings. The van der Waals surface area contributed by atoms with E-state index in [0.717, 1.165) is 0 Å². The first-order chi connectivity index (χ1) is 14.0. The third-order valence-electron chi connectivity index (χ3n) is 4.84. The molecule has 0 aliphatic rings. The molecular formula is C22H24N4O3. The highest BCUT2D eigenvalue weighted by atomic mass is 16.2. The second-order valence-corrected chi connectivity index (χ2v) is 6.67. The Balaban J connectivity index is 2.06. The zero-order valence-electron chi connectivity index (χ0n) is 16.8. The van der Waals surface area contributed by atoms with Crippen molar-refractivity contribution in [3.05, 3.63) is 70.6 Å². The number of amides is 2. The van der Waals surface area contributed by atoms with Crippen LogP contribution in [0.15, 0.2) is 59.4 Å². The zero-order chi connectivity index (χ0) is 21.0. The van der Waals surface area contributed by atoms with Crippen LogP contribution in [0.3, 0.4) is 0 Å². The molecule has 3 aromatic rings. The van der Waals surface area contributed by atoms with Gasteiger partial charge in [0.05, 0.1) is 17.6 Å². The molecule has 7 heteroatoms. The Morgan fingerprint density at radius 2 is 1.52 bits per heavy atom. The van der Waals surface area contributed by atoms with Crippen molar-refractivity contribution in [3.8, 4) is 5.69 Å². The SMILES string of the molecule is CCN(CC)C(=O)CN(C)C(=O)c1nn(-c2ccccc2)c(=O)c2ccccc12. The van der Waals surface area contributed by atoms with E-state index in [-0.39, 0.29) is 23.7 Å². The molecule has 150 valence electrons. The highest BCUT2D eigenvalue weighted by Gasteiger charge is 2.23. The van der Waals surface area contributed by atoms with Gasteiger partial charge in [0.25, 0.3) is 11.5 Å². The Kier molecular flexibility index (Phi) is 6.07. The molecule has 0 spiro atoms. The number of aromatic nitrogens is 2. The molecule has 0 aliphatic heterocycles. The average molecular weight is 392 g/mol. The van der Waals surface area contributed by atoms with Crippen LogP contribution in [0.4, 0.5) is 0 Å². The van der Waals surface area contributed by atoms with Crippen LogP contribution < -0.4 is 5.56 Å². The molecule has 0 atom stereocenters. The molecule has 0 aliphatic carbocycles. The number of hydrogen-bond acceptors (Lipinski definition) is 4. The van der Waals surface area contributed by atoms with Gasteiger partial charge in [-0.05, 0) is 32.0 Å². The molecule has 2 aromatic carbocycles. The number of rotatable bonds is 6. The summed E-state index contributed by atoms with van der Waals surface area (Å²) in [4.78, 5) is 41.5. The quantitative estimate of drug-likeness (QED) is 0.645. The number of hydrogen-bond donors (Lipinski definition) is 0. The van der Waals surface area contributed by atoms with Crippen molar-refractivity contribution in [2.24, 2.45) is 0 Å². The first-order valence-electron chi connectivity index (χ1n) is 9.58. The lowest BCUT2D eigenvalue weighted by molar-refractivity contribution is -0.131. The van der Waals surface area contributed by atoms with Crippen LogP contribution in [0.1, 0.15) is 24.3 Å². The molecule has 3 rings (SSSR count). The molecule has 0 bridgehead atoms. The van der Waals surface area contributed by atoms with Crippen molar-refractivity contribution in [2.75, 3.05) is 26.7 Å². The minimum absolute atomic E-state index is 0.0546. The molecule has 0 N–H and O–H groups in total. The average Bonchev–Trinajstić information content (AvgIpc) is 2.75. The number of benzene rings is 2. The minimum atomic E-state index is -0.411. The first-order valence-corrected chi connectivity index (χ1v) is 9.58. The van der Waals surface area contributed by atoms with E-state index in [1.54, 1.807) is 60.5 Å². The van der Waals surface area contributed by atoms with E-state index in [1.165, 1.54) is 9.58 Å². The predicted molar refractivity (Wildman–Crippen MR) is 112 cm³/mol. The Morgan fingerprint density at radius 1 is 0.931 bits per heavy atom. The van der Waals surface area contributed by atoms with Gasteiger partial charge in [0.1, 0.15) is 0 Å². The maximum absolute atomic E-state index is 13.2. The highest BCUT2D eigenvalue weighted by Crippen LogP contribution is 2.16. The van der Waals surface area contributed by atoms with E-state index in [2.05, 4.69) is 5.10 Å². The predicted octanol–water partition coefficient (Wildman–Crippen LogP) is 2.33. The van der Waals surface area contributed by atoms with Gasteiger partial charge >= 0.3 is 0 Å². The van der Waals surface area contributed by atoms with Gasteiger partial charge in [-0.3, -0.25) is 14.4 Å². The fourth-order valence-corrected chi connectivity index (χ4v) is 3.22. The van der Waals surface area contributed by atoms with Crippen LogP contribution >= 0.6 is 0 Å². The van der Waals surface area contributed by atoms with Crippen LogP contribution in [0.25, 0.3) is 16.5 Å². The monoisotopic (exact) mass is 392 g/mol. The van der Waals surface area contributed by atoms with E-state index in [9.17, 15) is 14.4 Å². The van der Waals surface area contributed by atoms with Gasteiger partial charge in [-0.25, -0.2) is 0 Å². The summed E-state index contributed by atoms with van der Waals surface area (Å²) in [6.45, 7) is 4.90. The van der Waals surface area contributed by atoms with Crippen LogP contribution in [-0.2, 0) is 4.79 Å². The summed E-state index contributed by atoms with van der Waals surface area (Å²) in [5.74, 6) is -0.544. The Hall–Kier alpha value is -3.48. The largest absolute Gasteiger partial charge is 0.342 e. The smallest absolute Gasteiger partial charge is 0.279 e. The standard InChI is InChI=1S/C22H24N4O3/c1-4-25(5-2)19(27)15-24(3)22(29)20-17-13-9-10-14-18(17)21(28)26(23-20)16-11-7-6-8-12-16/h6-14H,4-5,15H2,1-3H3. The van der Waals surface area contributed by atoms with E-state index in [1.807, 2.05) is 19.9 Å². The van der Waals surface area contributed by atoms with Gasteiger partial charge in [0.2, 0.25) is 5.91 Å². The van der Waals surface area contributed by atoms with Crippen molar-refractivity contribution in [1.82, 2.24) is 19.6 Å². The third-order valence-corrected chi connectivity index (χ3v) is 4.84. The van der Waals surface area contributed by atoms with Gasteiger partial charge in [-0.1, -0.05) is 36.4 Å². The van der Waals surface area contributed by atoms with E-state index >= 15 is 0 Å². The maximum Gasteiger partial charge on any atom is 0.279 e. The first kappa shape index (κ1) is 20.3. The van der Waals surface area contributed by atoms with Gasteiger partial charge in [0.15, 0.2) is 5.69 Å². The topological polar surface area (TPSA) is 75.5 Å². The Morgan fingerprint density at radius 3 is 2.14 bits per heavy atom. The summed E-state index contributed by atoms with van der Waals surface area (Å²) in [5.41, 5.74) is 0.406. The molecule has 0 saturated carbocycles. The molecule has 7 nitrogen and oxygen atoms in total. The molecule has 1 aromatic heterocycles. The fraction of sp³-hybridized carbons (Fsp3) is 0.273. The summed E-state index contributed by atoms with van der Waals surface area (Å²) in [7, 11) is 1.57. The number of carbonyl (C=O) groups excluding carboxylic acids is 2. The molecule has 0 unspecified atom stereocenters. The second kappa shape index (κ2) is 8.68. The normalized spacial score (nSPS) is 10.7. The lowest BCUT2D eigenvalue weighted by Gasteiger charge is -2.23. The van der Waals surface area contributed by atoms with Gasteiger partial charge < -0.3 is 9.80 Å². The number of fused-ring (bicyclic) bond motifs is 1. The lowest BCUT2D eigenvalue weighted by atomic mass is 10.1. The van der Waals surface area contributed by atoms with E-state index in [0.29, 0.717) is 29.5 Å². The molecule has 0 radical (unpaired) electrons. The molecule has 29 heavy (non-hydrogen) atoms. The van der Waals surface area contributed by atoms with Crippen molar-refractivity contribution in [3.63, 3.8) is 0 Å². The third kappa shape index (κ3) is 4.03. The second-order valence-electron chi connectivity index (χ2n) is 6.67. The molecule has 1 heterocycles. The number of likely N-dealkylation sites (N-methyl/N-ethyl adjacent to an activating group) is 2. The minimum Gasteiger partial charge on any atom is -0.342 e. The van der Waals surface area contributed by atoms with Crippen molar-refractivity contribution < 1.29 is 9.59 Å². The van der Waals surface area contributed by atoms with Crippen LogP contribution in [0.5, 0.6) is 0 Å². The summed E-state index contributed by atoms with van der Waals surface area (Å²) in [6, 6.07) is 15.8. The van der Waals surface area contributed by atoms with E-state index in [4.69, 9.17) is 0 Å². The number of nitrogens with zero attached hydrogens (tertiary/aromatic N) is 4. The Bertz CT molecular complexity index is 1090. The van der Waals surface area contributed by atoms with Crippen molar-refractivity contribution in [2.45, 2.75) is 13.8 Å². The van der Waals surface area contributed by atoms with Gasteiger partial charge in [-0.2, -0.15) is 9.78 Å². The Labute approximate surface area is 169 Å². The molecular weight excluding hydrogens is 368 g/mol. The van der Waals surface area contributed by atoms with Crippen molar-refractivity contribution in [1.29, 1.82) is 0 Å². The van der Waals surface area contributed by atoms with Gasteiger partial charge in [0, 0.05) is 25.5 Å². The summed E-state index contributed by atoms with van der Waals surface area (Å²) in [6.07, 6.45) is 0. The molecule has 2 amide bonds. The fourth-order valence-electron chi connectivity index (χ4n) is 3.22. The summed E-state index contributed by atoms with van der Waals surface area (Å²) < 4.78 is 1.23. The highest BCUT2D eigenvalue weighted by molar-refractivity contribution is 6.05. The summed E-state index contributed by atoms with van der Waals surface area (Å²) in [5, 5.41) is 5.24. The van der Waals surface area contributed by atoms with Gasteiger partial charge in [-0.15, -0.1) is 0 Å². The lowest BCUT2D eigenvalue weighted by Crippen LogP contribution is -2.41. The van der Waals surface area contributed by atoms with E-state index < -0.39 is 5.91 Å². The molecule has 0 saturated heterocycles. The van der Waals surface area contributed by atoms with Crippen LogP contribution in [-0.4, -0.2) is 58.1 Å². The summed E-state index contributed by atoms with van der Waals surface area (Å²) >= 11 is 0. The maximum atomic E-state index is 13.2.